The number of benzene rings is 1. The lowest BCUT2D eigenvalue weighted by Gasteiger charge is -2.21. The fourth-order valence-corrected chi connectivity index (χ4v) is 4.85. The highest BCUT2D eigenvalue weighted by Crippen LogP contribution is 2.48. The third kappa shape index (κ3) is 4.13. The minimum Gasteiger partial charge on any atom is -0.464 e. The standard InChI is InChI=1S/C22H22F3N3O3/c1-12-7-18(21(30)31-2)27-19(26-12)20(29)28-10-14-8-13(9-15(14)11-28)16-5-3-4-6-17(16)22(23,24)25/h3-7,13-15H,8-11H2,1-2H3/t13-,14-,15+. The van der Waals surface area contributed by atoms with Crippen molar-refractivity contribution < 1.29 is 27.5 Å². The van der Waals surface area contributed by atoms with E-state index in [1.54, 1.807) is 24.0 Å². The Bertz CT molecular complexity index is 1010. The third-order valence-corrected chi connectivity index (χ3v) is 6.18. The summed E-state index contributed by atoms with van der Waals surface area (Å²) in [6, 6.07) is 7.19. The van der Waals surface area contributed by atoms with Crippen LogP contribution in [-0.2, 0) is 10.9 Å². The maximum atomic E-state index is 13.4. The molecule has 1 saturated carbocycles. The van der Waals surface area contributed by atoms with Crippen molar-refractivity contribution >= 4 is 11.9 Å². The van der Waals surface area contributed by atoms with E-state index in [1.807, 2.05) is 0 Å². The molecular formula is C22H22F3N3O3. The van der Waals surface area contributed by atoms with E-state index in [0.29, 0.717) is 37.2 Å². The van der Waals surface area contributed by atoms with E-state index in [4.69, 9.17) is 0 Å². The number of carbonyl (C=O) groups is 2. The molecule has 0 N–H and O–H groups in total. The average molecular weight is 433 g/mol. The van der Waals surface area contributed by atoms with E-state index in [2.05, 4.69) is 14.7 Å². The monoisotopic (exact) mass is 433 g/mol. The predicted molar refractivity (Wildman–Crippen MR) is 104 cm³/mol. The van der Waals surface area contributed by atoms with Crippen LogP contribution in [0.1, 0.15) is 56.7 Å². The Labute approximate surface area is 177 Å². The van der Waals surface area contributed by atoms with E-state index in [0.717, 1.165) is 6.07 Å². The Morgan fingerprint density at radius 2 is 1.74 bits per heavy atom. The number of carbonyl (C=O) groups excluding carboxylic acids is 2. The Hall–Kier alpha value is -2.97. The minimum atomic E-state index is -4.38. The van der Waals surface area contributed by atoms with Crippen molar-refractivity contribution in [2.45, 2.75) is 31.9 Å². The van der Waals surface area contributed by atoms with Gasteiger partial charge in [-0.3, -0.25) is 4.79 Å². The fourth-order valence-electron chi connectivity index (χ4n) is 4.85. The summed E-state index contributed by atoms with van der Waals surface area (Å²) in [5.41, 5.74) is 0.256. The molecule has 0 bridgehead atoms. The highest BCUT2D eigenvalue weighted by molar-refractivity contribution is 5.93. The molecule has 0 radical (unpaired) electrons. The van der Waals surface area contributed by atoms with Gasteiger partial charge >= 0.3 is 12.1 Å². The lowest BCUT2D eigenvalue weighted by atomic mass is 9.91. The number of halogens is 3. The van der Waals surface area contributed by atoms with Gasteiger partial charge in [-0.15, -0.1) is 0 Å². The van der Waals surface area contributed by atoms with Gasteiger partial charge in [0.1, 0.15) is 0 Å². The van der Waals surface area contributed by atoms with E-state index >= 15 is 0 Å². The van der Waals surface area contributed by atoms with Crippen LogP contribution in [0.4, 0.5) is 13.2 Å². The van der Waals surface area contributed by atoms with Gasteiger partial charge in [0.25, 0.3) is 5.91 Å². The Morgan fingerprint density at radius 1 is 1.10 bits per heavy atom. The first-order chi connectivity index (χ1) is 14.7. The molecule has 3 atom stereocenters. The summed E-state index contributed by atoms with van der Waals surface area (Å²) in [6.45, 7) is 2.55. The number of rotatable bonds is 3. The smallest absolute Gasteiger partial charge is 0.416 e. The van der Waals surface area contributed by atoms with E-state index in [1.165, 1.54) is 19.2 Å². The SMILES string of the molecule is COC(=O)c1cc(C)nc(C(=O)N2C[C@H]3C[C@@H](c4ccccc4C(F)(F)F)C[C@H]3C2)n1. The molecule has 9 heteroatoms. The largest absolute Gasteiger partial charge is 0.464 e. The number of hydrogen-bond donors (Lipinski definition) is 0. The zero-order valence-corrected chi connectivity index (χ0v) is 17.1. The molecule has 31 heavy (non-hydrogen) atoms. The van der Waals surface area contributed by atoms with Gasteiger partial charge in [0.15, 0.2) is 5.69 Å². The lowest BCUT2D eigenvalue weighted by molar-refractivity contribution is -0.138. The van der Waals surface area contributed by atoms with Crippen LogP contribution in [0.3, 0.4) is 0 Å². The summed E-state index contributed by atoms with van der Waals surface area (Å²) in [6.07, 6.45) is -3.18. The molecule has 2 aliphatic rings. The highest BCUT2D eigenvalue weighted by Gasteiger charge is 2.45. The molecule has 4 rings (SSSR count). The molecule has 0 unspecified atom stereocenters. The van der Waals surface area contributed by atoms with Crippen molar-refractivity contribution in [3.8, 4) is 0 Å². The number of nitrogens with zero attached hydrogens (tertiary/aromatic N) is 3. The number of esters is 1. The van der Waals surface area contributed by atoms with Crippen LogP contribution in [0.5, 0.6) is 0 Å². The lowest BCUT2D eigenvalue weighted by Crippen LogP contribution is -2.32. The van der Waals surface area contributed by atoms with Crippen molar-refractivity contribution in [3.05, 3.63) is 58.7 Å². The van der Waals surface area contributed by atoms with Crippen molar-refractivity contribution in [2.24, 2.45) is 11.8 Å². The molecule has 6 nitrogen and oxygen atoms in total. The van der Waals surface area contributed by atoms with Gasteiger partial charge in [-0.1, -0.05) is 18.2 Å². The molecule has 1 aromatic carbocycles. The molecule has 1 aliphatic carbocycles. The first-order valence-corrected chi connectivity index (χ1v) is 10.1. The maximum absolute atomic E-state index is 13.4. The number of methoxy groups -OCH3 is 1. The van der Waals surface area contributed by atoms with Crippen molar-refractivity contribution in [2.75, 3.05) is 20.2 Å². The molecule has 1 saturated heterocycles. The van der Waals surface area contributed by atoms with Crippen LogP contribution in [0.25, 0.3) is 0 Å². The van der Waals surface area contributed by atoms with Gasteiger partial charge < -0.3 is 9.64 Å². The van der Waals surface area contributed by atoms with Gasteiger partial charge in [-0.05, 0) is 55.2 Å². The van der Waals surface area contributed by atoms with Gasteiger partial charge in [0, 0.05) is 18.8 Å². The molecule has 164 valence electrons. The van der Waals surface area contributed by atoms with E-state index < -0.39 is 17.7 Å². The molecule has 2 aromatic rings. The highest BCUT2D eigenvalue weighted by atomic mass is 19.4. The third-order valence-electron chi connectivity index (χ3n) is 6.18. The van der Waals surface area contributed by atoms with Crippen LogP contribution < -0.4 is 0 Å². The molecule has 2 fully saturated rings. The maximum Gasteiger partial charge on any atom is 0.416 e. The van der Waals surface area contributed by atoms with Crippen molar-refractivity contribution in [1.82, 2.24) is 14.9 Å². The average Bonchev–Trinajstić information content (AvgIpc) is 3.31. The Kier molecular flexibility index (Phi) is 5.45. The molecule has 1 aliphatic heterocycles. The van der Waals surface area contributed by atoms with Gasteiger partial charge in [0.05, 0.1) is 12.7 Å². The molecule has 1 amide bonds. The molecule has 2 heterocycles. The fraction of sp³-hybridized carbons (Fsp3) is 0.455. The number of amides is 1. The first-order valence-electron chi connectivity index (χ1n) is 10.1. The second kappa shape index (κ2) is 7.94. The van der Waals surface area contributed by atoms with Crippen LogP contribution in [-0.4, -0.2) is 46.9 Å². The first kappa shape index (κ1) is 21.3. The number of ether oxygens (including phenoxy) is 1. The van der Waals surface area contributed by atoms with Gasteiger partial charge in [0.2, 0.25) is 5.82 Å². The van der Waals surface area contributed by atoms with Gasteiger partial charge in [-0.2, -0.15) is 13.2 Å². The minimum absolute atomic E-state index is 0.0153. The molecule has 0 spiro atoms. The number of hydrogen-bond acceptors (Lipinski definition) is 5. The summed E-state index contributed by atoms with van der Waals surface area (Å²) >= 11 is 0. The normalized spacial score (nSPS) is 23.0. The number of fused-ring (bicyclic) bond motifs is 1. The number of aryl methyl sites for hydroxylation is 1. The van der Waals surface area contributed by atoms with Crippen molar-refractivity contribution in [1.29, 1.82) is 0 Å². The van der Waals surface area contributed by atoms with Crippen LogP contribution >= 0.6 is 0 Å². The zero-order chi connectivity index (χ0) is 22.3. The summed E-state index contributed by atoms with van der Waals surface area (Å²) in [4.78, 5) is 34.5. The van der Waals surface area contributed by atoms with E-state index in [9.17, 15) is 22.8 Å². The van der Waals surface area contributed by atoms with Gasteiger partial charge in [-0.25, -0.2) is 14.8 Å². The zero-order valence-electron chi connectivity index (χ0n) is 17.1. The van der Waals surface area contributed by atoms with Crippen LogP contribution in [0, 0.1) is 18.8 Å². The number of likely N-dealkylation sites (tertiary alicyclic amines) is 1. The summed E-state index contributed by atoms with van der Waals surface area (Å²) in [5.74, 6) is -1.02. The summed E-state index contributed by atoms with van der Waals surface area (Å²) in [7, 11) is 1.23. The summed E-state index contributed by atoms with van der Waals surface area (Å²) in [5, 5.41) is 0. The quantitative estimate of drug-likeness (QED) is 0.688. The Morgan fingerprint density at radius 3 is 2.35 bits per heavy atom. The summed E-state index contributed by atoms with van der Waals surface area (Å²) < 4.78 is 44.9. The Balaban J connectivity index is 1.48. The second-order valence-corrected chi connectivity index (χ2v) is 8.19. The van der Waals surface area contributed by atoms with Crippen LogP contribution in [0.15, 0.2) is 30.3 Å². The van der Waals surface area contributed by atoms with Crippen LogP contribution in [0.2, 0.25) is 0 Å². The molecule has 1 aromatic heterocycles. The van der Waals surface area contributed by atoms with E-state index in [-0.39, 0.29) is 35.2 Å². The number of aromatic nitrogens is 2. The number of alkyl halides is 3. The molecular weight excluding hydrogens is 411 g/mol. The van der Waals surface area contributed by atoms with Crippen molar-refractivity contribution in [3.63, 3.8) is 0 Å². The predicted octanol–water partition coefficient (Wildman–Crippen LogP) is 3.86. The topological polar surface area (TPSA) is 72.4 Å². The second-order valence-electron chi connectivity index (χ2n) is 8.19.